The van der Waals surface area contributed by atoms with Crippen LogP contribution in [0.4, 0.5) is 11.6 Å². The van der Waals surface area contributed by atoms with E-state index in [-0.39, 0.29) is 0 Å². The van der Waals surface area contributed by atoms with Crippen molar-refractivity contribution in [2.75, 3.05) is 31.3 Å². The quantitative estimate of drug-likeness (QED) is 0.732. The molecule has 0 aliphatic carbocycles. The molecule has 2 atom stereocenters. The van der Waals surface area contributed by atoms with Gasteiger partial charge in [0.2, 0.25) is 0 Å². The molecular weight excluding hydrogens is 348 g/mol. The number of ether oxygens (including phenoxy) is 1. The van der Waals surface area contributed by atoms with Crippen LogP contribution in [-0.2, 0) is 16.3 Å². The summed E-state index contributed by atoms with van der Waals surface area (Å²) >= 11 is 1.45. The maximum absolute atomic E-state index is 6.58. The summed E-state index contributed by atoms with van der Waals surface area (Å²) in [4.78, 5) is 10.8. The molecule has 5 N–H and O–H groups in total. The summed E-state index contributed by atoms with van der Waals surface area (Å²) in [6, 6.07) is 8.96. The zero-order valence-corrected chi connectivity index (χ0v) is 15.6. The third-order valence-electron chi connectivity index (χ3n) is 5.03. The van der Waals surface area contributed by atoms with Gasteiger partial charge in [-0.15, -0.1) is 0 Å². The summed E-state index contributed by atoms with van der Waals surface area (Å²) < 4.78 is 5.34. The maximum Gasteiger partial charge on any atom is 0.167 e. The number of anilines is 2. The zero-order valence-electron chi connectivity index (χ0n) is 14.8. The van der Waals surface area contributed by atoms with Crippen molar-refractivity contribution in [3.63, 3.8) is 0 Å². The second-order valence-corrected chi connectivity index (χ2v) is 8.07. The van der Waals surface area contributed by atoms with Gasteiger partial charge in [-0.25, -0.2) is 9.97 Å². The van der Waals surface area contributed by atoms with E-state index in [2.05, 4.69) is 44.5 Å². The maximum atomic E-state index is 6.58. The molecule has 2 aliphatic rings. The van der Waals surface area contributed by atoms with Crippen molar-refractivity contribution in [3.05, 3.63) is 41.7 Å². The minimum Gasteiger partial charge on any atom is -0.383 e. The highest BCUT2D eigenvalue weighted by atomic mass is 32.2. The molecule has 7 nitrogen and oxygen atoms in total. The average molecular weight is 372 g/mol. The lowest BCUT2D eigenvalue weighted by Gasteiger charge is -2.26. The highest BCUT2D eigenvalue weighted by molar-refractivity contribution is 8.01. The summed E-state index contributed by atoms with van der Waals surface area (Å²) in [5.74, 6) is 1.14. The Morgan fingerprint density at radius 1 is 1.35 bits per heavy atom. The standard InChI is InChI=1S/C18H24N6OS/c1-25-10-14-3-2-8-24(14)9-12-4-6-13(7-5-12)18(20)23-17-15(26-18)16(19)21-11-22-17/h4-7,11,14H,2-3,8-10,20H2,1H3,(H3,19,21,22,23)/t14-,18?/m0/s1. The van der Waals surface area contributed by atoms with E-state index in [1.165, 1.54) is 36.5 Å². The first kappa shape index (κ1) is 17.5. The minimum absolute atomic E-state index is 0.453. The van der Waals surface area contributed by atoms with E-state index in [0.717, 1.165) is 30.2 Å². The number of likely N-dealkylation sites (tertiary alicyclic amines) is 1. The molecule has 1 saturated heterocycles. The van der Waals surface area contributed by atoms with Crippen LogP contribution in [0.3, 0.4) is 0 Å². The Bertz CT molecular complexity index is 786. The lowest BCUT2D eigenvalue weighted by molar-refractivity contribution is 0.112. The molecule has 0 radical (unpaired) electrons. The molecule has 4 rings (SSSR count). The fraction of sp³-hybridized carbons (Fsp3) is 0.444. The molecule has 0 saturated carbocycles. The Morgan fingerprint density at radius 2 is 2.15 bits per heavy atom. The third kappa shape index (κ3) is 3.25. The SMILES string of the molecule is COC[C@@H]1CCCN1Cc1ccc(C2(N)Nc3ncnc(N)c3S2)cc1. The van der Waals surface area contributed by atoms with Crippen molar-refractivity contribution in [2.45, 2.75) is 35.3 Å². The number of aromatic nitrogens is 2. The van der Waals surface area contributed by atoms with Gasteiger partial charge in [0, 0.05) is 25.3 Å². The van der Waals surface area contributed by atoms with Gasteiger partial charge in [-0.1, -0.05) is 36.0 Å². The number of rotatable bonds is 5. The molecule has 1 fully saturated rings. The van der Waals surface area contributed by atoms with Gasteiger partial charge in [-0.05, 0) is 24.9 Å². The Labute approximate surface area is 157 Å². The van der Waals surface area contributed by atoms with Crippen molar-refractivity contribution >= 4 is 23.4 Å². The number of nitrogens with zero attached hydrogens (tertiary/aromatic N) is 3. The van der Waals surface area contributed by atoms with E-state index in [4.69, 9.17) is 16.2 Å². The first-order chi connectivity index (χ1) is 12.6. The molecule has 3 heterocycles. The van der Waals surface area contributed by atoms with Crippen LogP contribution in [0.5, 0.6) is 0 Å². The topological polar surface area (TPSA) is 102 Å². The van der Waals surface area contributed by atoms with Gasteiger partial charge in [-0.3, -0.25) is 10.6 Å². The molecule has 26 heavy (non-hydrogen) atoms. The Kier molecular flexibility index (Phi) is 4.74. The number of nitrogens with one attached hydrogen (secondary N) is 1. The summed E-state index contributed by atoms with van der Waals surface area (Å²) in [5.41, 5.74) is 14.8. The average Bonchev–Trinajstić information content (AvgIpc) is 3.21. The molecule has 0 spiro atoms. The van der Waals surface area contributed by atoms with Crippen molar-refractivity contribution in [1.82, 2.24) is 14.9 Å². The molecule has 2 aliphatic heterocycles. The Hall–Kier alpha value is -1.87. The first-order valence-electron chi connectivity index (χ1n) is 8.78. The molecular formula is C18H24N6OS. The molecule has 1 unspecified atom stereocenters. The van der Waals surface area contributed by atoms with Gasteiger partial charge in [0.05, 0.1) is 11.5 Å². The molecule has 138 valence electrons. The van der Waals surface area contributed by atoms with E-state index in [9.17, 15) is 0 Å². The molecule has 0 bridgehead atoms. The Balaban J connectivity index is 1.48. The van der Waals surface area contributed by atoms with Gasteiger partial charge in [0.15, 0.2) is 4.99 Å². The van der Waals surface area contributed by atoms with Crippen molar-refractivity contribution < 1.29 is 4.74 Å². The van der Waals surface area contributed by atoms with Crippen LogP contribution in [0.15, 0.2) is 35.5 Å². The summed E-state index contributed by atoms with van der Waals surface area (Å²) in [7, 11) is 1.77. The van der Waals surface area contributed by atoms with E-state index < -0.39 is 4.99 Å². The molecule has 2 aromatic rings. The molecule has 1 aromatic carbocycles. The van der Waals surface area contributed by atoms with Crippen LogP contribution in [-0.4, -0.2) is 41.2 Å². The van der Waals surface area contributed by atoms with Crippen molar-refractivity contribution in [3.8, 4) is 0 Å². The van der Waals surface area contributed by atoms with E-state index in [1.54, 1.807) is 7.11 Å². The number of benzene rings is 1. The second-order valence-electron chi connectivity index (χ2n) is 6.82. The van der Waals surface area contributed by atoms with Crippen LogP contribution in [0.25, 0.3) is 0 Å². The Morgan fingerprint density at radius 3 is 2.88 bits per heavy atom. The van der Waals surface area contributed by atoms with Gasteiger partial charge in [0.25, 0.3) is 0 Å². The summed E-state index contributed by atoms with van der Waals surface area (Å²) in [6.45, 7) is 2.86. The predicted octanol–water partition coefficient (Wildman–Crippen LogP) is 1.96. The van der Waals surface area contributed by atoms with Gasteiger partial charge >= 0.3 is 0 Å². The van der Waals surface area contributed by atoms with E-state index in [0.29, 0.717) is 17.7 Å². The monoisotopic (exact) mass is 372 g/mol. The van der Waals surface area contributed by atoms with Crippen LogP contribution >= 0.6 is 11.8 Å². The lowest BCUT2D eigenvalue weighted by Crippen LogP contribution is -2.38. The predicted molar refractivity (Wildman–Crippen MR) is 104 cm³/mol. The van der Waals surface area contributed by atoms with Crippen molar-refractivity contribution in [1.29, 1.82) is 0 Å². The number of hydrogen-bond donors (Lipinski definition) is 3. The number of nitrogens with two attached hydrogens (primary N) is 2. The number of nitrogen functional groups attached to an aromatic ring is 1. The lowest BCUT2D eigenvalue weighted by atomic mass is 10.1. The minimum atomic E-state index is -0.781. The van der Waals surface area contributed by atoms with Gasteiger partial charge in [-0.2, -0.15) is 0 Å². The molecule has 1 aromatic heterocycles. The second kappa shape index (κ2) is 7.03. The highest BCUT2D eigenvalue weighted by Crippen LogP contribution is 2.48. The number of thioether (sulfide) groups is 1. The molecule has 0 amide bonds. The van der Waals surface area contributed by atoms with Crippen molar-refractivity contribution in [2.24, 2.45) is 5.73 Å². The highest BCUT2D eigenvalue weighted by Gasteiger charge is 2.38. The van der Waals surface area contributed by atoms with Crippen LogP contribution in [0.2, 0.25) is 0 Å². The normalized spacial score (nSPS) is 25.2. The fourth-order valence-corrected chi connectivity index (χ4v) is 4.73. The summed E-state index contributed by atoms with van der Waals surface area (Å²) in [6.07, 6.45) is 3.89. The first-order valence-corrected chi connectivity index (χ1v) is 9.59. The van der Waals surface area contributed by atoms with E-state index >= 15 is 0 Å². The van der Waals surface area contributed by atoms with E-state index in [1.807, 2.05) is 0 Å². The fourth-order valence-electron chi connectivity index (χ4n) is 3.65. The smallest absolute Gasteiger partial charge is 0.167 e. The number of methoxy groups -OCH3 is 1. The largest absolute Gasteiger partial charge is 0.383 e. The van der Waals surface area contributed by atoms with Crippen LogP contribution in [0.1, 0.15) is 24.0 Å². The third-order valence-corrected chi connectivity index (χ3v) is 6.29. The summed E-state index contributed by atoms with van der Waals surface area (Å²) in [5, 5.41) is 3.27. The van der Waals surface area contributed by atoms with Gasteiger partial charge in [0.1, 0.15) is 18.0 Å². The zero-order chi connectivity index (χ0) is 18.1. The number of fused-ring (bicyclic) bond motifs is 1. The van der Waals surface area contributed by atoms with Gasteiger partial charge < -0.3 is 15.8 Å². The number of hydrogen-bond acceptors (Lipinski definition) is 8. The molecule has 8 heteroatoms. The van der Waals surface area contributed by atoms with Crippen LogP contribution in [0, 0.1) is 0 Å². The van der Waals surface area contributed by atoms with Crippen LogP contribution < -0.4 is 16.8 Å².